The summed E-state index contributed by atoms with van der Waals surface area (Å²) in [5.41, 5.74) is -3.97. The second-order valence-corrected chi connectivity index (χ2v) is 13.5. The molecule has 0 radical (unpaired) electrons. The van der Waals surface area contributed by atoms with Gasteiger partial charge in [-0.3, -0.25) is 23.7 Å². The summed E-state index contributed by atoms with van der Waals surface area (Å²) in [6.07, 6.45) is 5.10. The van der Waals surface area contributed by atoms with E-state index in [9.17, 15) is 23.5 Å². The highest BCUT2D eigenvalue weighted by Crippen LogP contribution is 2.70. The Kier molecular flexibility index (Phi) is 7.70. The fourth-order valence-electron chi connectivity index (χ4n) is 8.39. The molecule has 3 heterocycles. The van der Waals surface area contributed by atoms with Crippen molar-refractivity contribution < 1.29 is 32.6 Å². The lowest BCUT2D eigenvalue weighted by Crippen LogP contribution is -2.70. The number of nitrogens with one attached hydrogen (secondary N) is 3. The molecule has 1 aromatic carbocycles. The molecule has 228 valence electrons. The Morgan fingerprint density at radius 3 is 2.62 bits per heavy atom. The van der Waals surface area contributed by atoms with Gasteiger partial charge >= 0.3 is 0 Å². The zero-order chi connectivity index (χ0) is 30.0. The highest BCUT2D eigenvalue weighted by atomic mass is 35.5. The van der Waals surface area contributed by atoms with E-state index in [2.05, 4.69) is 16.0 Å². The van der Waals surface area contributed by atoms with Crippen LogP contribution in [0, 0.1) is 22.6 Å². The fourth-order valence-corrected chi connectivity index (χ4v) is 8.78. The van der Waals surface area contributed by atoms with Crippen molar-refractivity contribution in [3.8, 4) is 0 Å². The maximum Gasteiger partial charge on any atom is 0.238 e. The predicted octanol–water partition coefficient (Wildman–Crippen LogP) is 3.83. The number of hydrogen-bond acceptors (Lipinski definition) is 5. The third-order valence-corrected chi connectivity index (χ3v) is 10.7. The van der Waals surface area contributed by atoms with Gasteiger partial charge in [0, 0.05) is 27.8 Å². The van der Waals surface area contributed by atoms with Gasteiger partial charge in [-0.15, -0.1) is 0 Å². The molecule has 3 saturated heterocycles. The zero-order valence-electron chi connectivity index (χ0n) is 23.0. The molecule has 2 amide bonds. The number of halogens is 5. The quantitative estimate of drug-likeness (QED) is 0.384. The second-order valence-electron chi connectivity index (χ2n) is 12.6. The summed E-state index contributed by atoms with van der Waals surface area (Å²) in [4.78, 5) is 28.5. The van der Waals surface area contributed by atoms with Crippen LogP contribution in [-0.2, 0) is 14.3 Å². The summed E-state index contributed by atoms with van der Waals surface area (Å²) in [5.74, 6) is -3.35. The van der Waals surface area contributed by atoms with Crippen molar-refractivity contribution in [1.82, 2.24) is 16.0 Å². The van der Waals surface area contributed by atoms with E-state index < -0.39 is 77.4 Å². The van der Waals surface area contributed by atoms with Gasteiger partial charge in [0.05, 0.1) is 60.7 Å². The molecule has 1 saturated carbocycles. The third kappa shape index (κ3) is 4.35. The average molecular weight is 629 g/mol. The molecule has 7 nitrogen and oxygen atoms in total. The number of amides is 2. The smallest absolute Gasteiger partial charge is 0.238 e. The van der Waals surface area contributed by atoms with Gasteiger partial charge in [-0.1, -0.05) is 41.4 Å². The standard InChI is InChI=1S/C30H34Cl2F3N3O4/c1-15(39)22-8-6-17(10-42-22)36-26(40)25-23(18-3-2-4-20(32)24(18)35)30(29(38-25)11-28(12-29,13-33)14-34)19-7-5-16(31)9-21(19)37-27(30)41/h2-5,7,9,15,17,19,21-23,25,38-39H,6,8,10-14H2,1H3,(H,36,40)(H,37,41)/t15?,17-,19?,21?,22+,23+,25-,30-/m1/s1. The minimum absolute atomic E-state index is 0.0556. The first-order valence-electron chi connectivity index (χ1n) is 14.3. The van der Waals surface area contributed by atoms with Crippen LogP contribution in [0.15, 0.2) is 41.5 Å². The number of alkyl halides is 2. The number of rotatable bonds is 6. The Morgan fingerprint density at radius 1 is 1.24 bits per heavy atom. The molecular formula is C30H34Cl2F3N3O4. The Balaban J connectivity index is 1.45. The summed E-state index contributed by atoms with van der Waals surface area (Å²) < 4.78 is 50.2. The maximum absolute atomic E-state index is 15.9. The number of carbonyl (C=O) groups excluding carboxylic acids is 2. The van der Waals surface area contributed by atoms with Crippen molar-refractivity contribution in [2.24, 2.45) is 16.7 Å². The van der Waals surface area contributed by atoms with Gasteiger partial charge in [-0.25, -0.2) is 4.39 Å². The predicted molar refractivity (Wildman–Crippen MR) is 151 cm³/mol. The molecule has 4 N–H and O–H groups in total. The van der Waals surface area contributed by atoms with Crippen LogP contribution in [0.5, 0.6) is 0 Å². The topological polar surface area (TPSA) is 99.7 Å². The van der Waals surface area contributed by atoms with E-state index in [0.717, 1.165) is 0 Å². The normalized spacial score (nSPS) is 36.7. The summed E-state index contributed by atoms with van der Waals surface area (Å²) in [7, 11) is 0. The van der Waals surface area contributed by atoms with Crippen LogP contribution < -0.4 is 16.0 Å². The van der Waals surface area contributed by atoms with Crippen LogP contribution in [0.4, 0.5) is 13.2 Å². The highest BCUT2D eigenvalue weighted by Gasteiger charge is 2.80. The van der Waals surface area contributed by atoms with Gasteiger partial charge in [0.2, 0.25) is 11.8 Å². The van der Waals surface area contributed by atoms with E-state index >= 15 is 4.39 Å². The van der Waals surface area contributed by atoms with Gasteiger partial charge in [-0.05, 0) is 56.4 Å². The molecule has 1 aromatic rings. The Morgan fingerprint density at radius 2 is 1.98 bits per heavy atom. The number of ether oxygens (including phenoxy) is 1. The second kappa shape index (κ2) is 10.8. The van der Waals surface area contributed by atoms with Crippen LogP contribution in [-0.4, -0.2) is 72.7 Å². The molecule has 3 unspecified atom stereocenters. The first kappa shape index (κ1) is 29.9. The zero-order valence-corrected chi connectivity index (χ0v) is 24.5. The number of aliphatic hydroxyl groups excluding tert-OH is 1. The van der Waals surface area contributed by atoms with E-state index in [0.29, 0.717) is 17.9 Å². The van der Waals surface area contributed by atoms with Gasteiger partial charge in [0.25, 0.3) is 0 Å². The summed E-state index contributed by atoms with van der Waals surface area (Å²) in [5, 5.41) is 19.5. The van der Waals surface area contributed by atoms with Gasteiger partial charge in [0.1, 0.15) is 5.82 Å². The molecule has 42 heavy (non-hydrogen) atoms. The number of hydrogen-bond donors (Lipinski definition) is 4. The molecule has 8 atom stereocenters. The van der Waals surface area contributed by atoms with Crippen LogP contribution in [0.2, 0.25) is 5.02 Å². The average Bonchev–Trinajstić information content (AvgIpc) is 3.41. The third-order valence-electron chi connectivity index (χ3n) is 10.2. The SMILES string of the molecule is CC(O)[C@@H]1CC[C@@H](NC(=O)[C@@H]2NC3(CC(CF)(CF)C3)[C@@]3(C(=O)NC4C=C(Cl)C=CC43)[C@H]2c2cccc(Cl)c2F)CO1. The van der Waals surface area contributed by atoms with E-state index in [1.165, 1.54) is 12.1 Å². The van der Waals surface area contributed by atoms with Gasteiger partial charge < -0.3 is 20.5 Å². The molecule has 3 aliphatic heterocycles. The molecule has 5 aliphatic rings. The van der Waals surface area contributed by atoms with Crippen molar-refractivity contribution in [3.05, 3.63) is 57.9 Å². The minimum Gasteiger partial charge on any atom is -0.391 e. The molecule has 2 aliphatic carbocycles. The van der Waals surface area contributed by atoms with Gasteiger partial charge in [0.15, 0.2) is 0 Å². The lowest BCUT2D eigenvalue weighted by Gasteiger charge is -2.60. The van der Waals surface area contributed by atoms with Gasteiger partial charge in [-0.2, -0.15) is 0 Å². The molecule has 12 heteroatoms. The Labute approximate surface area is 252 Å². The summed E-state index contributed by atoms with van der Waals surface area (Å²) in [6, 6.07) is 2.38. The van der Waals surface area contributed by atoms with E-state index in [4.69, 9.17) is 27.9 Å². The lowest BCUT2D eigenvalue weighted by molar-refractivity contribution is -0.146. The van der Waals surface area contributed by atoms with E-state index in [-0.39, 0.29) is 42.2 Å². The number of carbonyl (C=O) groups is 2. The molecule has 6 rings (SSSR count). The fraction of sp³-hybridized carbons (Fsp3) is 0.600. The van der Waals surface area contributed by atoms with Crippen LogP contribution in [0.3, 0.4) is 0 Å². The van der Waals surface area contributed by atoms with E-state index in [1.54, 1.807) is 31.2 Å². The molecule has 0 bridgehead atoms. The van der Waals surface area contributed by atoms with Crippen molar-refractivity contribution >= 4 is 35.0 Å². The summed E-state index contributed by atoms with van der Waals surface area (Å²) >= 11 is 12.5. The maximum atomic E-state index is 15.9. The van der Waals surface area contributed by atoms with Crippen molar-refractivity contribution in [2.45, 2.75) is 74.4 Å². The van der Waals surface area contributed by atoms with Crippen molar-refractivity contribution in [3.63, 3.8) is 0 Å². The monoisotopic (exact) mass is 627 g/mol. The molecule has 2 spiro atoms. The lowest BCUT2D eigenvalue weighted by atomic mass is 9.44. The van der Waals surface area contributed by atoms with Crippen LogP contribution in [0.25, 0.3) is 0 Å². The van der Waals surface area contributed by atoms with Crippen LogP contribution >= 0.6 is 23.2 Å². The number of benzene rings is 1. The Hall–Kier alpha value is -2.11. The first-order valence-corrected chi connectivity index (χ1v) is 15.1. The first-order chi connectivity index (χ1) is 20.0. The van der Waals surface area contributed by atoms with Crippen LogP contribution in [0.1, 0.15) is 44.1 Å². The largest absolute Gasteiger partial charge is 0.391 e. The molecule has 0 aromatic heterocycles. The number of allylic oxidation sites excluding steroid dienone is 2. The van der Waals surface area contributed by atoms with Crippen molar-refractivity contribution in [2.75, 3.05) is 20.0 Å². The summed E-state index contributed by atoms with van der Waals surface area (Å²) in [6.45, 7) is -0.0521. The van der Waals surface area contributed by atoms with E-state index in [1.807, 2.05) is 0 Å². The molecule has 4 fully saturated rings. The number of aliphatic hydroxyl groups is 1. The number of fused-ring (bicyclic) bond motifs is 3. The Bertz CT molecular complexity index is 1320. The highest BCUT2D eigenvalue weighted by molar-refractivity contribution is 6.31. The minimum atomic E-state index is -1.50. The van der Waals surface area contributed by atoms with Crippen molar-refractivity contribution in [1.29, 1.82) is 0 Å². The molecular weight excluding hydrogens is 594 g/mol.